The van der Waals surface area contributed by atoms with Gasteiger partial charge in [0.2, 0.25) is 0 Å². The lowest BCUT2D eigenvalue weighted by Gasteiger charge is -2.22. The molecule has 0 heterocycles. The lowest BCUT2D eigenvalue weighted by atomic mass is 10.00. The van der Waals surface area contributed by atoms with E-state index >= 15 is 0 Å². The van der Waals surface area contributed by atoms with Gasteiger partial charge in [-0.15, -0.1) is 0 Å². The van der Waals surface area contributed by atoms with Crippen molar-refractivity contribution in [1.82, 2.24) is 4.90 Å². The lowest BCUT2D eigenvalue weighted by Crippen LogP contribution is -2.29. The lowest BCUT2D eigenvalue weighted by molar-refractivity contribution is -0.141. The van der Waals surface area contributed by atoms with Crippen molar-refractivity contribution in [3.05, 3.63) is 35.9 Å². The molecule has 1 unspecified atom stereocenters. The normalized spacial score (nSPS) is 12.4. The smallest absolute Gasteiger partial charge is 0.310 e. The molecule has 0 spiro atoms. The van der Waals surface area contributed by atoms with Crippen molar-refractivity contribution in [2.24, 2.45) is 0 Å². The van der Waals surface area contributed by atoms with Crippen LogP contribution in [0.5, 0.6) is 0 Å². The molecule has 1 atom stereocenters. The molecule has 0 saturated heterocycles. The molecule has 0 aliphatic carbocycles. The molecule has 1 N–H and O–H groups in total. The Balaban J connectivity index is 2.92. The summed E-state index contributed by atoms with van der Waals surface area (Å²) in [7, 11) is 3.52. The van der Waals surface area contributed by atoms with Gasteiger partial charge in [-0.2, -0.15) is 0 Å². The molecular weight excluding hydrogens is 206 g/mol. The first kappa shape index (κ1) is 12.4. The number of Topliss-reactive ketones (excluding diaryl/α,β-unsaturated/α-hetero) is 1. The van der Waals surface area contributed by atoms with Gasteiger partial charge in [-0.3, -0.25) is 14.5 Å². The maximum atomic E-state index is 11.8. The second kappa shape index (κ2) is 5.42. The van der Waals surface area contributed by atoms with E-state index in [0.717, 1.165) is 5.56 Å². The Hall–Kier alpha value is -1.68. The highest BCUT2D eigenvalue weighted by Gasteiger charge is 2.24. The zero-order valence-electron chi connectivity index (χ0n) is 9.38. The van der Waals surface area contributed by atoms with E-state index in [4.69, 9.17) is 5.11 Å². The minimum absolute atomic E-state index is 0.302. The Labute approximate surface area is 94.5 Å². The maximum Gasteiger partial charge on any atom is 0.310 e. The summed E-state index contributed by atoms with van der Waals surface area (Å²) in [5.41, 5.74) is 0.818. The first-order valence-electron chi connectivity index (χ1n) is 4.98. The SMILES string of the molecule is CN(C)C(C(=O)CC(=O)O)c1ccccc1. The summed E-state index contributed by atoms with van der Waals surface area (Å²) in [6.45, 7) is 0. The average Bonchev–Trinajstić information content (AvgIpc) is 2.17. The third-order valence-corrected chi connectivity index (χ3v) is 2.26. The fourth-order valence-electron chi connectivity index (χ4n) is 1.65. The van der Waals surface area contributed by atoms with Crippen molar-refractivity contribution in [2.45, 2.75) is 12.5 Å². The largest absolute Gasteiger partial charge is 0.481 e. The Morgan fingerprint density at radius 2 is 1.81 bits per heavy atom. The van der Waals surface area contributed by atoms with E-state index in [9.17, 15) is 9.59 Å². The van der Waals surface area contributed by atoms with E-state index < -0.39 is 18.4 Å². The molecule has 0 fully saturated rings. The Bertz CT molecular complexity index is 373. The molecule has 0 amide bonds. The molecule has 0 aliphatic heterocycles. The van der Waals surface area contributed by atoms with Crippen LogP contribution in [-0.4, -0.2) is 35.9 Å². The Morgan fingerprint density at radius 1 is 1.25 bits per heavy atom. The van der Waals surface area contributed by atoms with Crippen LogP contribution in [0.2, 0.25) is 0 Å². The number of nitrogens with zero attached hydrogens (tertiary/aromatic N) is 1. The van der Waals surface area contributed by atoms with E-state index in [0.29, 0.717) is 0 Å². The predicted molar refractivity (Wildman–Crippen MR) is 60.1 cm³/mol. The van der Waals surface area contributed by atoms with E-state index in [-0.39, 0.29) is 5.78 Å². The van der Waals surface area contributed by atoms with Crippen LogP contribution >= 0.6 is 0 Å². The van der Waals surface area contributed by atoms with Crippen molar-refractivity contribution in [3.63, 3.8) is 0 Å². The first-order chi connectivity index (χ1) is 7.52. The van der Waals surface area contributed by atoms with Crippen LogP contribution in [0.25, 0.3) is 0 Å². The molecule has 0 radical (unpaired) electrons. The summed E-state index contributed by atoms with van der Waals surface area (Å²) in [6.07, 6.45) is -0.447. The monoisotopic (exact) mass is 221 g/mol. The van der Waals surface area contributed by atoms with Gasteiger partial charge in [-0.1, -0.05) is 30.3 Å². The summed E-state index contributed by atoms with van der Waals surface area (Å²) in [5, 5.41) is 8.62. The van der Waals surface area contributed by atoms with Crippen LogP contribution in [-0.2, 0) is 9.59 Å². The van der Waals surface area contributed by atoms with Crippen molar-refractivity contribution in [1.29, 1.82) is 0 Å². The number of likely N-dealkylation sites (N-methyl/N-ethyl adjacent to an activating group) is 1. The zero-order valence-corrected chi connectivity index (χ0v) is 9.38. The third-order valence-electron chi connectivity index (χ3n) is 2.26. The number of rotatable bonds is 5. The maximum absolute atomic E-state index is 11.8. The second-order valence-electron chi connectivity index (χ2n) is 3.81. The number of aliphatic carboxylic acids is 1. The van der Waals surface area contributed by atoms with Crippen LogP contribution in [0.3, 0.4) is 0 Å². The third kappa shape index (κ3) is 3.17. The highest BCUT2D eigenvalue weighted by Crippen LogP contribution is 2.20. The predicted octanol–water partition coefficient (Wildman–Crippen LogP) is 1.33. The molecule has 0 aliphatic rings. The van der Waals surface area contributed by atoms with Gasteiger partial charge in [0.05, 0.1) is 6.04 Å². The van der Waals surface area contributed by atoms with Crippen LogP contribution in [0.1, 0.15) is 18.0 Å². The molecule has 0 aromatic heterocycles. The van der Waals surface area contributed by atoms with Crippen LogP contribution in [0.15, 0.2) is 30.3 Å². The molecule has 0 bridgehead atoms. The summed E-state index contributed by atoms with van der Waals surface area (Å²) in [4.78, 5) is 24.0. The van der Waals surface area contributed by atoms with E-state index in [1.807, 2.05) is 30.3 Å². The number of carbonyl (C=O) groups is 2. The number of ketones is 1. The second-order valence-corrected chi connectivity index (χ2v) is 3.81. The van der Waals surface area contributed by atoms with Gasteiger partial charge in [-0.05, 0) is 19.7 Å². The number of carboxylic acids is 1. The molecule has 4 heteroatoms. The highest BCUT2D eigenvalue weighted by molar-refractivity contribution is 5.98. The topological polar surface area (TPSA) is 57.6 Å². The number of hydrogen-bond acceptors (Lipinski definition) is 3. The first-order valence-corrected chi connectivity index (χ1v) is 4.98. The van der Waals surface area contributed by atoms with Crippen molar-refractivity contribution in [3.8, 4) is 0 Å². The minimum atomic E-state index is -1.09. The number of hydrogen-bond donors (Lipinski definition) is 1. The van der Waals surface area contributed by atoms with Crippen molar-refractivity contribution < 1.29 is 14.7 Å². The van der Waals surface area contributed by atoms with E-state index in [1.54, 1.807) is 19.0 Å². The quantitative estimate of drug-likeness (QED) is 0.762. The number of carboxylic acid groups (broad SMARTS) is 1. The molecule has 0 saturated carbocycles. The number of benzene rings is 1. The molecule has 1 aromatic rings. The summed E-state index contributed by atoms with van der Waals surface area (Å²) < 4.78 is 0. The van der Waals surface area contributed by atoms with Gasteiger partial charge < -0.3 is 5.11 Å². The summed E-state index contributed by atoms with van der Waals surface area (Å²) >= 11 is 0. The molecule has 4 nitrogen and oxygen atoms in total. The van der Waals surface area contributed by atoms with Gasteiger partial charge in [0.25, 0.3) is 0 Å². The average molecular weight is 221 g/mol. The fraction of sp³-hybridized carbons (Fsp3) is 0.333. The van der Waals surface area contributed by atoms with E-state index in [2.05, 4.69) is 0 Å². The Kier molecular flexibility index (Phi) is 4.19. The van der Waals surface area contributed by atoms with Gasteiger partial charge >= 0.3 is 5.97 Å². The molecule has 1 rings (SSSR count). The van der Waals surface area contributed by atoms with Gasteiger partial charge in [-0.25, -0.2) is 0 Å². The Morgan fingerprint density at radius 3 is 2.25 bits per heavy atom. The van der Waals surface area contributed by atoms with E-state index in [1.165, 1.54) is 0 Å². The van der Waals surface area contributed by atoms with Crippen molar-refractivity contribution in [2.75, 3.05) is 14.1 Å². The van der Waals surface area contributed by atoms with Crippen LogP contribution < -0.4 is 0 Å². The molecule has 1 aromatic carbocycles. The molecule has 86 valence electrons. The number of carbonyl (C=O) groups excluding carboxylic acids is 1. The zero-order chi connectivity index (χ0) is 12.1. The van der Waals surface area contributed by atoms with Crippen LogP contribution in [0, 0.1) is 0 Å². The van der Waals surface area contributed by atoms with Gasteiger partial charge in [0.1, 0.15) is 6.42 Å². The van der Waals surface area contributed by atoms with Gasteiger partial charge in [0.15, 0.2) is 5.78 Å². The van der Waals surface area contributed by atoms with Crippen molar-refractivity contribution >= 4 is 11.8 Å². The summed E-state index contributed by atoms with van der Waals surface area (Å²) in [5.74, 6) is -1.39. The standard InChI is InChI=1S/C12H15NO3/c1-13(2)12(10(14)8-11(15)16)9-6-4-3-5-7-9/h3-7,12H,8H2,1-2H3,(H,15,16). The highest BCUT2D eigenvalue weighted by atomic mass is 16.4. The van der Waals surface area contributed by atoms with Gasteiger partial charge in [0, 0.05) is 0 Å². The molecular formula is C12H15NO3. The molecule has 16 heavy (non-hydrogen) atoms. The minimum Gasteiger partial charge on any atom is -0.481 e. The summed E-state index contributed by atoms with van der Waals surface area (Å²) in [6, 6.07) is 8.68. The fourth-order valence-corrected chi connectivity index (χ4v) is 1.65. The van der Waals surface area contributed by atoms with Crippen LogP contribution in [0.4, 0.5) is 0 Å².